The van der Waals surface area contributed by atoms with Gasteiger partial charge in [-0.2, -0.15) is 13.2 Å². The molecule has 1 aromatic carbocycles. The first-order valence-electron chi connectivity index (χ1n) is 4.11. The Balaban J connectivity index is 3.22. The van der Waals surface area contributed by atoms with E-state index < -0.39 is 23.6 Å². The van der Waals surface area contributed by atoms with Crippen LogP contribution in [-0.2, 0) is 6.18 Å². The van der Waals surface area contributed by atoms with E-state index in [0.29, 0.717) is 12.1 Å². The van der Waals surface area contributed by atoms with Gasteiger partial charge in [-0.25, -0.2) is 4.39 Å². The standard InChI is InChI=1S/C10H9F4N/c1-2-9(15)7-5-6(10(12,13)14)3-4-8(7)11/h2-5,9H,1,15H2/t9-/m1/s1. The highest BCUT2D eigenvalue weighted by Crippen LogP contribution is 2.31. The Hall–Kier alpha value is -1.36. The van der Waals surface area contributed by atoms with E-state index in [2.05, 4.69) is 6.58 Å². The molecule has 1 rings (SSSR count). The van der Waals surface area contributed by atoms with Crippen LogP contribution in [0.2, 0.25) is 0 Å². The summed E-state index contributed by atoms with van der Waals surface area (Å²) in [6.45, 7) is 3.30. The molecule has 0 saturated carbocycles. The smallest absolute Gasteiger partial charge is 0.321 e. The summed E-state index contributed by atoms with van der Waals surface area (Å²) in [6, 6.07) is 1.19. The molecule has 82 valence electrons. The second-order valence-corrected chi connectivity index (χ2v) is 3.00. The molecule has 0 aliphatic carbocycles. The summed E-state index contributed by atoms with van der Waals surface area (Å²) in [5.41, 5.74) is 4.25. The van der Waals surface area contributed by atoms with E-state index >= 15 is 0 Å². The highest BCUT2D eigenvalue weighted by atomic mass is 19.4. The Kier molecular flexibility index (Phi) is 3.14. The molecule has 0 spiro atoms. The van der Waals surface area contributed by atoms with Crippen molar-refractivity contribution < 1.29 is 17.6 Å². The first-order valence-corrected chi connectivity index (χ1v) is 4.11. The van der Waals surface area contributed by atoms with Crippen molar-refractivity contribution in [1.82, 2.24) is 0 Å². The van der Waals surface area contributed by atoms with Gasteiger partial charge in [-0.3, -0.25) is 0 Å². The van der Waals surface area contributed by atoms with Crippen molar-refractivity contribution in [1.29, 1.82) is 0 Å². The van der Waals surface area contributed by atoms with Gasteiger partial charge in [0.05, 0.1) is 11.6 Å². The minimum atomic E-state index is -4.50. The first kappa shape index (κ1) is 11.7. The number of hydrogen-bond donors (Lipinski definition) is 1. The molecule has 15 heavy (non-hydrogen) atoms. The number of nitrogens with two attached hydrogens (primary N) is 1. The van der Waals surface area contributed by atoms with Gasteiger partial charge in [0.15, 0.2) is 0 Å². The van der Waals surface area contributed by atoms with Crippen molar-refractivity contribution in [3.05, 3.63) is 47.8 Å². The van der Waals surface area contributed by atoms with Gasteiger partial charge in [-0.15, -0.1) is 6.58 Å². The van der Waals surface area contributed by atoms with E-state index in [9.17, 15) is 17.6 Å². The van der Waals surface area contributed by atoms with Gasteiger partial charge < -0.3 is 5.73 Å². The molecule has 2 N–H and O–H groups in total. The largest absolute Gasteiger partial charge is 0.416 e. The van der Waals surface area contributed by atoms with Crippen LogP contribution in [0, 0.1) is 5.82 Å². The molecule has 5 heteroatoms. The third-order valence-electron chi connectivity index (χ3n) is 1.94. The molecule has 0 aromatic heterocycles. The van der Waals surface area contributed by atoms with Crippen LogP contribution in [-0.4, -0.2) is 0 Å². The Labute approximate surface area is 84.2 Å². The summed E-state index contributed by atoms with van der Waals surface area (Å²) < 4.78 is 49.9. The van der Waals surface area contributed by atoms with Gasteiger partial charge in [-0.05, 0) is 18.2 Å². The molecule has 0 radical (unpaired) electrons. The van der Waals surface area contributed by atoms with Crippen LogP contribution in [0.1, 0.15) is 17.2 Å². The van der Waals surface area contributed by atoms with Gasteiger partial charge in [0.1, 0.15) is 5.82 Å². The molecule has 0 unspecified atom stereocenters. The minimum Gasteiger partial charge on any atom is -0.321 e. The number of hydrogen-bond acceptors (Lipinski definition) is 1. The van der Waals surface area contributed by atoms with Gasteiger partial charge in [0, 0.05) is 5.56 Å². The van der Waals surface area contributed by atoms with Crippen molar-refractivity contribution in [2.75, 3.05) is 0 Å². The highest BCUT2D eigenvalue weighted by molar-refractivity contribution is 5.31. The lowest BCUT2D eigenvalue weighted by atomic mass is 10.0. The Bertz CT molecular complexity index is 370. The fourth-order valence-electron chi connectivity index (χ4n) is 1.10. The summed E-state index contributed by atoms with van der Waals surface area (Å²) in [6.07, 6.45) is -3.32. The molecule has 0 heterocycles. The SMILES string of the molecule is C=C[C@@H](N)c1cc(C(F)(F)F)ccc1F. The highest BCUT2D eigenvalue weighted by Gasteiger charge is 2.31. The molecule has 1 aromatic rings. The molecule has 0 saturated heterocycles. The molecule has 1 nitrogen and oxygen atoms in total. The second kappa shape index (κ2) is 4.02. The number of alkyl halides is 3. The normalized spacial score (nSPS) is 13.7. The van der Waals surface area contributed by atoms with Crippen LogP contribution in [0.4, 0.5) is 17.6 Å². The Morgan fingerprint density at radius 1 is 1.33 bits per heavy atom. The van der Waals surface area contributed by atoms with Gasteiger partial charge in [0.25, 0.3) is 0 Å². The molecule has 0 fully saturated rings. The number of rotatable bonds is 2. The van der Waals surface area contributed by atoms with Crippen molar-refractivity contribution in [2.24, 2.45) is 5.73 Å². The summed E-state index contributed by atoms with van der Waals surface area (Å²) in [5.74, 6) is -0.768. The third kappa shape index (κ3) is 2.56. The fourth-order valence-corrected chi connectivity index (χ4v) is 1.10. The van der Waals surface area contributed by atoms with Crippen molar-refractivity contribution in [3.8, 4) is 0 Å². The minimum absolute atomic E-state index is 0.208. The van der Waals surface area contributed by atoms with Gasteiger partial charge >= 0.3 is 6.18 Å². The lowest BCUT2D eigenvalue weighted by Gasteiger charge is -2.12. The van der Waals surface area contributed by atoms with Crippen LogP contribution < -0.4 is 5.73 Å². The van der Waals surface area contributed by atoms with Crippen LogP contribution in [0.5, 0.6) is 0 Å². The maximum atomic E-state index is 13.1. The molecule has 0 bridgehead atoms. The van der Waals surface area contributed by atoms with Gasteiger partial charge in [-0.1, -0.05) is 6.08 Å². The lowest BCUT2D eigenvalue weighted by Crippen LogP contribution is -2.12. The van der Waals surface area contributed by atoms with Crippen molar-refractivity contribution >= 4 is 0 Å². The maximum Gasteiger partial charge on any atom is 0.416 e. The summed E-state index contributed by atoms with van der Waals surface area (Å²) in [5, 5.41) is 0. The van der Waals surface area contributed by atoms with E-state index in [1.54, 1.807) is 0 Å². The molecule has 0 aliphatic heterocycles. The zero-order valence-corrected chi connectivity index (χ0v) is 7.68. The van der Waals surface area contributed by atoms with Gasteiger partial charge in [0.2, 0.25) is 0 Å². The summed E-state index contributed by atoms with van der Waals surface area (Å²) in [7, 11) is 0. The molecular formula is C10H9F4N. The topological polar surface area (TPSA) is 26.0 Å². The van der Waals surface area contributed by atoms with Crippen LogP contribution in [0.15, 0.2) is 30.9 Å². The van der Waals surface area contributed by atoms with Crippen LogP contribution in [0.25, 0.3) is 0 Å². The molecule has 1 atom stereocenters. The van der Waals surface area contributed by atoms with E-state index in [0.717, 1.165) is 6.07 Å². The first-order chi connectivity index (χ1) is 6.86. The van der Waals surface area contributed by atoms with E-state index in [1.807, 2.05) is 0 Å². The van der Waals surface area contributed by atoms with Crippen molar-refractivity contribution in [2.45, 2.75) is 12.2 Å². The maximum absolute atomic E-state index is 13.1. The third-order valence-corrected chi connectivity index (χ3v) is 1.94. The second-order valence-electron chi connectivity index (χ2n) is 3.00. The summed E-state index contributed by atoms with van der Waals surface area (Å²) >= 11 is 0. The summed E-state index contributed by atoms with van der Waals surface area (Å²) in [4.78, 5) is 0. The van der Waals surface area contributed by atoms with E-state index in [4.69, 9.17) is 5.73 Å². The molecule has 0 aliphatic rings. The van der Waals surface area contributed by atoms with Crippen molar-refractivity contribution in [3.63, 3.8) is 0 Å². The van der Waals surface area contributed by atoms with Crippen LogP contribution in [0.3, 0.4) is 0 Å². The molecular weight excluding hydrogens is 210 g/mol. The van der Waals surface area contributed by atoms with E-state index in [-0.39, 0.29) is 5.56 Å². The zero-order chi connectivity index (χ0) is 11.6. The Morgan fingerprint density at radius 3 is 2.40 bits per heavy atom. The number of benzene rings is 1. The van der Waals surface area contributed by atoms with E-state index in [1.165, 1.54) is 6.08 Å². The monoisotopic (exact) mass is 219 g/mol. The fraction of sp³-hybridized carbons (Fsp3) is 0.200. The average molecular weight is 219 g/mol. The molecule has 0 amide bonds. The quantitative estimate of drug-likeness (QED) is 0.600. The predicted molar refractivity (Wildman–Crippen MR) is 48.5 cm³/mol. The zero-order valence-electron chi connectivity index (χ0n) is 7.68. The average Bonchev–Trinajstić information content (AvgIpc) is 2.15. The Morgan fingerprint density at radius 2 is 1.93 bits per heavy atom. The predicted octanol–water partition coefficient (Wildman–Crippen LogP) is 3.03. The van der Waals surface area contributed by atoms with Crippen LogP contribution >= 0.6 is 0 Å². The lowest BCUT2D eigenvalue weighted by molar-refractivity contribution is -0.137. The number of halogens is 4.